The highest BCUT2D eigenvalue weighted by atomic mass is 32.2. The number of rotatable bonds is 7. The van der Waals surface area contributed by atoms with Crippen LogP contribution in [0.15, 0.2) is 21.6 Å². The Morgan fingerprint density at radius 1 is 1.19 bits per heavy atom. The zero-order valence-corrected chi connectivity index (χ0v) is 13.8. The number of nitrogens with one attached hydrogen (secondary N) is 2. The monoisotopic (exact) mass is 339 g/mol. The minimum Gasteiger partial charge on any atom is -0.447 e. The summed E-state index contributed by atoms with van der Waals surface area (Å²) in [4.78, 5) is 0. The molecule has 1 heterocycles. The van der Waals surface area contributed by atoms with Crippen molar-refractivity contribution in [2.24, 2.45) is 5.14 Å². The first kappa shape index (κ1) is 18.1. The summed E-state index contributed by atoms with van der Waals surface area (Å²) in [5.74, 6) is -0.0116. The Labute approximate surface area is 125 Å². The summed E-state index contributed by atoms with van der Waals surface area (Å²) >= 11 is 0. The van der Waals surface area contributed by atoms with Crippen molar-refractivity contribution in [2.75, 3.05) is 12.3 Å². The summed E-state index contributed by atoms with van der Waals surface area (Å²) in [6.45, 7) is 6.00. The van der Waals surface area contributed by atoms with Crippen molar-refractivity contribution < 1.29 is 21.3 Å². The van der Waals surface area contributed by atoms with Crippen LogP contribution in [0.2, 0.25) is 0 Å². The Balaban J connectivity index is 2.66. The Hall–Kier alpha value is -0.940. The first-order valence-electron chi connectivity index (χ1n) is 6.23. The molecule has 0 fully saturated rings. The number of hydrogen-bond donors (Lipinski definition) is 3. The lowest BCUT2D eigenvalue weighted by molar-refractivity contribution is 0.359. The van der Waals surface area contributed by atoms with Gasteiger partial charge in [-0.2, -0.15) is 0 Å². The molecule has 21 heavy (non-hydrogen) atoms. The molecular formula is C11H21N3O5S2. The van der Waals surface area contributed by atoms with Crippen LogP contribution < -0.4 is 15.2 Å². The van der Waals surface area contributed by atoms with Crippen molar-refractivity contribution in [2.45, 2.75) is 37.9 Å². The van der Waals surface area contributed by atoms with Crippen molar-refractivity contribution in [3.63, 3.8) is 0 Å². The van der Waals surface area contributed by atoms with Crippen LogP contribution in [0, 0.1) is 0 Å². The normalized spacial score (nSPS) is 13.5. The van der Waals surface area contributed by atoms with Crippen LogP contribution in [0.25, 0.3) is 0 Å². The summed E-state index contributed by atoms with van der Waals surface area (Å²) in [5.41, 5.74) is -0.125. The molecule has 8 nitrogen and oxygen atoms in total. The van der Waals surface area contributed by atoms with Gasteiger partial charge in [0.15, 0.2) is 0 Å². The SMILES string of the molecule is CC(C)(C)NCc1ccc(S(=O)(=O)NCCS(N)(=O)=O)o1. The molecule has 0 atom stereocenters. The van der Waals surface area contributed by atoms with E-state index in [1.54, 1.807) is 6.07 Å². The maximum atomic E-state index is 11.9. The molecule has 1 rings (SSSR count). The van der Waals surface area contributed by atoms with Gasteiger partial charge in [-0.1, -0.05) is 0 Å². The molecule has 0 radical (unpaired) electrons. The van der Waals surface area contributed by atoms with Gasteiger partial charge in [-0.05, 0) is 32.9 Å². The molecule has 4 N–H and O–H groups in total. The first-order chi connectivity index (χ1) is 9.39. The second-order valence-corrected chi connectivity index (χ2v) is 9.02. The van der Waals surface area contributed by atoms with Gasteiger partial charge in [0.25, 0.3) is 10.0 Å². The summed E-state index contributed by atoms with van der Waals surface area (Å²) in [5, 5.41) is 7.69. The van der Waals surface area contributed by atoms with E-state index in [9.17, 15) is 16.8 Å². The van der Waals surface area contributed by atoms with Gasteiger partial charge in [-0.25, -0.2) is 26.7 Å². The topological polar surface area (TPSA) is 132 Å². The number of hydrogen-bond acceptors (Lipinski definition) is 6. The standard InChI is InChI=1S/C11H21N3O5S2/c1-11(2,3)13-8-9-4-5-10(19-9)21(17,18)14-6-7-20(12,15)16/h4-5,13-14H,6-8H2,1-3H3,(H2,12,15,16). The fourth-order valence-corrected chi connectivity index (χ4v) is 2.83. The van der Waals surface area contributed by atoms with E-state index in [-0.39, 0.29) is 17.2 Å². The van der Waals surface area contributed by atoms with Gasteiger partial charge in [0.1, 0.15) is 5.76 Å². The third-order valence-corrected chi connectivity index (χ3v) is 4.48. The van der Waals surface area contributed by atoms with Crippen molar-refractivity contribution in [1.29, 1.82) is 0 Å². The third-order valence-electron chi connectivity index (χ3n) is 2.37. The highest BCUT2D eigenvalue weighted by molar-refractivity contribution is 7.90. The van der Waals surface area contributed by atoms with Gasteiger partial charge in [-0.15, -0.1) is 0 Å². The van der Waals surface area contributed by atoms with Crippen LogP contribution in [0.1, 0.15) is 26.5 Å². The Morgan fingerprint density at radius 3 is 2.33 bits per heavy atom. The van der Waals surface area contributed by atoms with Gasteiger partial charge in [0.2, 0.25) is 15.1 Å². The molecule has 0 amide bonds. The molecule has 0 saturated carbocycles. The Bertz CT molecular complexity index is 671. The second kappa shape index (κ2) is 6.44. The predicted octanol–water partition coefficient (Wildman–Crippen LogP) is -0.265. The van der Waals surface area contributed by atoms with Gasteiger partial charge in [0, 0.05) is 12.1 Å². The van der Waals surface area contributed by atoms with E-state index in [0.717, 1.165) is 0 Å². The molecular weight excluding hydrogens is 318 g/mol. The molecule has 1 aromatic rings. The van der Waals surface area contributed by atoms with Crippen LogP contribution in [0.3, 0.4) is 0 Å². The van der Waals surface area contributed by atoms with Crippen LogP contribution >= 0.6 is 0 Å². The Morgan fingerprint density at radius 2 is 1.81 bits per heavy atom. The summed E-state index contributed by atoms with van der Waals surface area (Å²) in [6, 6.07) is 2.87. The lowest BCUT2D eigenvalue weighted by Gasteiger charge is -2.19. The van der Waals surface area contributed by atoms with E-state index in [1.165, 1.54) is 6.07 Å². The number of furan rings is 1. The predicted molar refractivity (Wildman–Crippen MR) is 78.5 cm³/mol. The molecule has 0 saturated heterocycles. The number of sulfonamides is 2. The van der Waals surface area contributed by atoms with Crippen LogP contribution in [-0.2, 0) is 26.6 Å². The van der Waals surface area contributed by atoms with Gasteiger partial charge >= 0.3 is 0 Å². The zero-order valence-electron chi connectivity index (χ0n) is 12.2. The van der Waals surface area contributed by atoms with E-state index in [2.05, 4.69) is 10.0 Å². The highest BCUT2D eigenvalue weighted by Gasteiger charge is 2.19. The average molecular weight is 339 g/mol. The first-order valence-corrected chi connectivity index (χ1v) is 9.43. The fraction of sp³-hybridized carbons (Fsp3) is 0.636. The lowest BCUT2D eigenvalue weighted by Crippen LogP contribution is -2.34. The lowest BCUT2D eigenvalue weighted by atomic mass is 10.1. The van der Waals surface area contributed by atoms with Crippen molar-refractivity contribution in [1.82, 2.24) is 10.0 Å². The van der Waals surface area contributed by atoms with Crippen molar-refractivity contribution in [3.05, 3.63) is 17.9 Å². The second-order valence-electron chi connectivity index (χ2n) is 5.59. The molecule has 0 bridgehead atoms. The minimum atomic E-state index is -3.88. The molecule has 0 unspecified atom stereocenters. The van der Waals surface area contributed by atoms with Crippen molar-refractivity contribution in [3.8, 4) is 0 Å². The maximum Gasteiger partial charge on any atom is 0.273 e. The van der Waals surface area contributed by atoms with E-state index in [0.29, 0.717) is 12.3 Å². The quantitative estimate of drug-likeness (QED) is 0.627. The van der Waals surface area contributed by atoms with E-state index >= 15 is 0 Å². The highest BCUT2D eigenvalue weighted by Crippen LogP contribution is 2.14. The maximum absolute atomic E-state index is 11.9. The summed E-state index contributed by atoms with van der Waals surface area (Å²) in [7, 11) is -7.60. The molecule has 122 valence electrons. The smallest absolute Gasteiger partial charge is 0.273 e. The van der Waals surface area contributed by atoms with Crippen LogP contribution in [-0.4, -0.2) is 34.7 Å². The molecule has 0 aromatic carbocycles. The molecule has 1 aromatic heterocycles. The zero-order chi connectivity index (χ0) is 16.3. The van der Waals surface area contributed by atoms with E-state index < -0.39 is 25.8 Å². The minimum absolute atomic E-state index is 0.125. The van der Waals surface area contributed by atoms with Gasteiger partial charge in [0.05, 0.1) is 12.3 Å². The van der Waals surface area contributed by atoms with Crippen molar-refractivity contribution >= 4 is 20.0 Å². The molecule has 0 aliphatic heterocycles. The molecule has 10 heteroatoms. The molecule has 0 spiro atoms. The summed E-state index contributed by atoms with van der Waals surface area (Å²) in [6.07, 6.45) is 0. The number of nitrogens with two attached hydrogens (primary N) is 1. The molecule has 0 aliphatic carbocycles. The number of primary sulfonamides is 1. The molecule has 0 aliphatic rings. The van der Waals surface area contributed by atoms with E-state index in [1.807, 2.05) is 20.8 Å². The average Bonchev–Trinajstić information content (AvgIpc) is 2.72. The third kappa shape index (κ3) is 7.05. The van der Waals surface area contributed by atoms with Crippen LogP contribution in [0.4, 0.5) is 0 Å². The van der Waals surface area contributed by atoms with Gasteiger partial charge in [-0.3, -0.25) is 0 Å². The van der Waals surface area contributed by atoms with Crippen LogP contribution in [0.5, 0.6) is 0 Å². The summed E-state index contributed by atoms with van der Waals surface area (Å²) < 4.78 is 52.6. The largest absolute Gasteiger partial charge is 0.447 e. The van der Waals surface area contributed by atoms with E-state index in [4.69, 9.17) is 9.56 Å². The Kier molecular flexibility index (Phi) is 5.56. The fourth-order valence-electron chi connectivity index (χ4n) is 1.34. The van der Waals surface area contributed by atoms with Gasteiger partial charge < -0.3 is 9.73 Å².